The number of pyridine rings is 2. The third-order valence-electron chi connectivity index (χ3n) is 18.7. The molecular formula is C66H86F2N10O6. The number of nitrogens with one attached hydrogen (secondary N) is 4. The fraction of sp³-hybridized carbons (Fsp3) is 0.545. The van der Waals surface area contributed by atoms with Crippen LogP contribution in [0.1, 0.15) is 101 Å². The highest BCUT2D eigenvalue weighted by Gasteiger charge is 2.43. The van der Waals surface area contributed by atoms with Crippen molar-refractivity contribution in [3.8, 4) is 11.5 Å². The molecule has 0 radical (unpaired) electrons. The smallest absolute Gasteiger partial charge is 0.251 e. The minimum atomic E-state index is -0.414. The monoisotopic (exact) mass is 1150 g/mol. The molecular weight excluding hydrogens is 1070 g/mol. The summed E-state index contributed by atoms with van der Waals surface area (Å²) >= 11 is 0. The fourth-order valence-electron chi connectivity index (χ4n) is 13.7. The van der Waals surface area contributed by atoms with Crippen molar-refractivity contribution in [2.24, 2.45) is 11.8 Å². The number of H-pyrrole nitrogens is 2. The molecule has 4 saturated heterocycles. The van der Waals surface area contributed by atoms with Gasteiger partial charge in [-0.2, -0.15) is 0 Å². The van der Waals surface area contributed by atoms with Crippen LogP contribution in [0, 0.1) is 23.5 Å². The summed E-state index contributed by atoms with van der Waals surface area (Å²) in [4.78, 5) is 75.0. The number of fused-ring (bicyclic) bond motifs is 2. The first-order valence-corrected chi connectivity index (χ1v) is 30.7. The Balaban J connectivity index is 0.613. The third-order valence-corrected chi connectivity index (χ3v) is 18.7. The van der Waals surface area contributed by atoms with Gasteiger partial charge < -0.3 is 49.7 Å². The van der Waals surface area contributed by atoms with Crippen LogP contribution in [0.5, 0.6) is 11.5 Å². The van der Waals surface area contributed by atoms with Gasteiger partial charge in [-0.25, -0.2) is 8.78 Å². The second-order valence-electron chi connectivity index (χ2n) is 26.5. The van der Waals surface area contributed by atoms with Gasteiger partial charge in [0.25, 0.3) is 11.1 Å². The van der Waals surface area contributed by atoms with Crippen molar-refractivity contribution in [1.29, 1.82) is 0 Å². The molecule has 0 aliphatic carbocycles. The van der Waals surface area contributed by atoms with Gasteiger partial charge in [0.05, 0.1) is 37.7 Å². The fourth-order valence-corrected chi connectivity index (χ4v) is 13.7. The van der Waals surface area contributed by atoms with Gasteiger partial charge in [0.1, 0.15) is 23.1 Å². The second-order valence-corrected chi connectivity index (χ2v) is 26.5. The lowest BCUT2D eigenvalue weighted by atomic mass is 9.91. The zero-order valence-corrected chi connectivity index (χ0v) is 50.0. The Labute approximate surface area is 493 Å². The van der Waals surface area contributed by atoms with Crippen molar-refractivity contribution in [1.82, 2.24) is 40.2 Å². The molecule has 450 valence electrons. The van der Waals surface area contributed by atoms with Gasteiger partial charge in [-0.1, -0.05) is 58.0 Å². The molecule has 3 aromatic carbocycles. The molecule has 6 aliphatic rings. The van der Waals surface area contributed by atoms with Crippen molar-refractivity contribution in [3.05, 3.63) is 151 Å². The van der Waals surface area contributed by atoms with Gasteiger partial charge in [-0.15, -0.1) is 0 Å². The van der Waals surface area contributed by atoms with E-state index in [1.807, 2.05) is 46.2 Å². The van der Waals surface area contributed by atoms with E-state index in [-0.39, 0.29) is 58.7 Å². The quantitative estimate of drug-likeness (QED) is 0.0739. The predicted molar refractivity (Wildman–Crippen MR) is 325 cm³/mol. The van der Waals surface area contributed by atoms with Crippen LogP contribution in [0.25, 0.3) is 0 Å². The van der Waals surface area contributed by atoms with Gasteiger partial charge in [-0.3, -0.25) is 29.0 Å². The number of hydrogen-bond acceptors (Lipinski definition) is 12. The van der Waals surface area contributed by atoms with Crippen molar-refractivity contribution < 1.29 is 27.8 Å². The number of hydrogen-bond donors (Lipinski definition) is 4. The molecule has 8 heterocycles. The van der Waals surface area contributed by atoms with Crippen molar-refractivity contribution in [2.75, 3.05) is 115 Å². The summed E-state index contributed by atoms with van der Waals surface area (Å²) in [6.07, 6.45) is 4.84. The molecule has 11 rings (SSSR count). The summed E-state index contributed by atoms with van der Waals surface area (Å²) in [5.74, 6) is 1.94. The zero-order valence-electron chi connectivity index (χ0n) is 50.0. The Morgan fingerprint density at radius 3 is 1.36 bits per heavy atom. The predicted octanol–water partition coefficient (Wildman–Crippen LogP) is 6.68. The number of ether oxygens (including phenoxy) is 2. The number of aromatic amines is 2. The summed E-state index contributed by atoms with van der Waals surface area (Å²) < 4.78 is 40.2. The number of carbonyl (C=O) groups excluding carboxylic acids is 2. The van der Waals surface area contributed by atoms with Gasteiger partial charge in [0.15, 0.2) is 0 Å². The van der Waals surface area contributed by atoms with E-state index < -0.39 is 10.8 Å². The van der Waals surface area contributed by atoms with Crippen molar-refractivity contribution >= 4 is 23.2 Å². The van der Waals surface area contributed by atoms with Crippen LogP contribution in [0.3, 0.4) is 0 Å². The van der Waals surface area contributed by atoms with E-state index in [9.17, 15) is 28.0 Å². The normalized spacial score (nSPS) is 23.4. The average molecular weight is 1150 g/mol. The lowest BCUT2D eigenvalue weighted by Crippen LogP contribution is -2.61. The molecule has 0 spiro atoms. The van der Waals surface area contributed by atoms with E-state index in [1.165, 1.54) is 24.3 Å². The average Bonchev–Trinajstić information content (AvgIpc) is 2.61. The minimum Gasteiger partial charge on any atom is -0.493 e. The SMILES string of the molecule is C[C@@H]1CN(CC(=O)N2CC(C)(C)c3[nH]c(=O)c(Cc4ccc(F)cc4)cc32)[C@@H](CN2CCC(COc3cccc(OCC4CCN(C[C@H]5CN[C@H](C)CN5CC(=O)N5CC(C)(C)c6[nH]c(=O)c(Cc7ccc(F)cc7)cc65)CC4)c3)CC2)CN1. The number of aromatic nitrogens is 2. The Kier molecular flexibility index (Phi) is 17.9. The van der Waals surface area contributed by atoms with E-state index in [2.05, 4.69) is 81.7 Å². The van der Waals surface area contributed by atoms with Crippen LogP contribution in [-0.2, 0) is 33.3 Å². The van der Waals surface area contributed by atoms with Crippen LogP contribution in [-0.4, -0.2) is 170 Å². The van der Waals surface area contributed by atoms with Crippen LogP contribution >= 0.6 is 0 Å². The largest absolute Gasteiger partial charge is 0.493 e. The molecule has 4 atom stereocenters. The first-order chi connectivity index (χ1) is 40.3. The number of carbonyl (C=O) groups is 2. The number of benzene rings is 3. The highest BCUT2D eigenvalue weighted by atomic mass is 19.1. The lowest BCUT2D eigenvalue weighted by molar-refractivity contribution is -0.121. The molecule has 6 aliphatic heterocycles. The third kappa shape index (κ3) is 14.0. The molecule has 18 heteroatoms. The highest BCUT2D eigenvalue weighted by molar-refractivity contribution is 5.98. The second kappa shape index (κ2) is 25.4. The summed E-state index contributed by atoms with van der Waals surface area (Å²) in [6.45, 7) is 24.2. The molecule has 16 nitrogen and oxygen atoms in total. The van der Waals surface area contributed by atoms with Crippen molar-refractivity contribution in [3.63, 3.8) is 0 Å². The number of piperidine rings is 2. The maximum atomic E-state index is 14.3. The topological polar surface area (TPSA) is 162 Å². The minimum absolute atomic E-state index is 0.0280. The van der Waals surface area contributed by atoms with Gasteiger partial charge in [0, 0.05) is 129 Å². The molecule has 0 bridgehead atoms. The number of likely N-dealkylation sites (tertiary alicyclic amines) is 2. The van der Waals surface area contributed by atoms with Crippen LogP contribution < -0.4 is 41.0 Å². The molecule has 5 aromatic rings. The Morgan fingerprint density at radius 1 is 0.571 bits per heavy atom. The number of nitrogens with zero attached hydrogens (tertiary/aromatic N) is 6. The van der Waals surface area contributed by atoms with Crippen LogP contribution in [0.2, 0.25) is 0 Å². The van der Waals surface area contributed by atoms with E-state index in [0.29, 0.717) is 75.2 Å². The number of rotatable bonds is 18. The summed E-state index contributed by atoms with van der Waals surface area (Å²) in [7, 11) is 0. The van der Waals surface area contributed by atoms with Gasteiger partial charge in [0.2, 0.25) is 11.8 Å². The molecule has 84 heavy (non-hydrogen) atoms. The molecule has 4 N–H and O–H groups in total. The molecule has 0 saturated carbocycles. The van der Waals surface area contributed by atoms with Crippen LogP contribution in [0.4, 0.5) is 20.2 Å². The first-order valence-electron chi connectivity index (χ1n) is 30.7. The molecule has 2 aromatic heterocycles. The maximum absolute atomic E-state index is 14.3. The Hall–Kier alpha value is -6.28. The Bertz CT molecular complexity index is 3030. The van der Waals surface area contributed by atoms with Gasteiger partial charge in [-0.05, 0) is 137 Å². The standard InChI is InChI=1S/C66H86F2N10O6/c1-43-33-75(37-59(79)77-41-65(3,4)61-57(77)28-49(63(81)71-61)26-45-10-14-51(67)15-11-45)53(31-69-43)35-73-22-18-47(19-23-73)39-83-55-8-7-9-56(30-55)84-40-48-20-24-74(25-21-48)36-54-32-70-44(2)34-76(54)38-60(80)78-42-66(5,6)62-58(78)29-50(64(82)72-62)27-46-12-16-52(68)17-13-46/h7-17,28-30,43-44,47-48,53-54,69-70H,18-27,31-42H2,1-6H3,(H,71,81)(H,72,82)/t43-,44-,53-,54-/m1/s1. The molecule has 4 fully saturated rings. The zero-order chi connectivity index (χ0) is 58.9. The van der Waals surface area contributed by atoms with Crippen LogP contribution in [0.15, 0.2) is 94.5 Å². The summed E-state index contributed by atoms with van der Waals surface area (Å²) in [5.41, 5.74) is 4.66. The number of halogens is 2. The Morgan fingerprint density at radius 2 is 0.964 bits per heavy atom. The number of amides is 2. The van der Waals surface area contributed by atoms with E-state index in [1.54, 1.807) is 24.3 Å². The first kappa shape index (κ1) is 59.5. The van der Waals surface area contributed by atoms with E-state index >= 15 is 0 Å². The highest BCUT2D eigenvalue weighted by Crippen LogP contribution is 2.41. The van der Waals surface area contributed by atoms with E-state index in [0.717, 1.165) is 137 Å². The van der Waals surface area contributed by atoms with Gasteiger partial charge >= 0.3 is 0 Å². The van der Waals surface area contributed by atoms with E-state index in [4.69, 9.17) is 9.47 Å². The number of piperazine rings is 2. The maximum Gasteiger partial charge on any atom is 0.251 e. The summed E-state index contributed by atoms with van der Waals surface area (Å²) in [5, 5.41) is 7.34. The van der Waals surface area contributed by atoms with Crippen molar-refractivity contribution in [2.45, 2.75) is 115 Å². The number of anilines is 2. The molecule has 2 amide bonds. The molecule has 0 unspecified atom stereocenters. The lowest BCUT2D eigenvalue weighted by Gasteiger charge is -2.43. The summed E-state index contributed by atoms with van der Waals surface area (Å²) in [6, 6.07) is 25.0.